The van der Waals surface area contributed by atoms with Crippen molar-refractivity contribution in [2.75, 3.05) is 25.5 Å². The Labute approximate surface area is 176 Å². The molecule has 2 heterocycles. The van der Waals surface area contributed by atoms with Gasteiger partial charge >= 0.3 is 0 Å². The molecule has 7 nitrogen and oxygen atoms in total. The summed E-state index contributed by atoms with van der Waals surface area (Å²) in [7, 11) is 1.54. The van der Waals surface area contributed by atoms with E-state index in [0.717, 1.165) is 13.1 Å². The number of hydrogen-bond acceptors (Lipinski definition) is 5. The molecule has 2 amide bonds. The molecule has 9 heteroatoms. The minimum atomic E-state index is -0.292. The molecule has 0 aliphatic carbocycles. The summed E-state index contributed by atoms with van der Waals surface area (Å²) in [5.74, 6) is 0.933. The third-order valence-electron chi connectivity index (χ3n) is 4.50. The summed E-state index contributed by atoms with van der Waals surface area (Å²) in [5.41, 5.74) is 0.854. The largest absolute Gasteiger partial charge is 0.455 e. The molecule has 28 heavy (non-hydrogen) atoms. The summed E-state index contributed by atoms with van der Waals surface area (Å²) in [6.45, 7) is 3.67. The molecule has 1 aliphatic heterocycles. The van der Waals surface area contributed by atoms with Crippen molar-refractivity contribution in [2.45, 2.75) is 6.92 Å². The predicted octanol–water partition coefficient (Wildman–Crippen LogP) is 2.87. The second kappa shape index (κ2) is 10.8. The monoisotopic (exact) mass is 426 g/mol. The molecule has 0 spiro atoms. The van der Waals surface area contributed by atoms with Crippen molar-refractivity contribution in [1.82, 2.24) is 15.6 Å². The lowest BCUT2D eigenvalue weighted by atomic mass is 9.88. The Kier molecular flexibility index (Phi) is 9.18. The van der Waals surface area contributed by atoms with E-state index in [9.17, 15) is 9.59 Å². The van der Waals surface area contributed by atoms with Crippen molar-refractivity contribution in [3.8, 4) is 11.5 Å². The summed E-state index contributed by atoms with van der Waals surface area (Å²) >= 11 is 0. The molecular formula is C19H24Cl2N4O3. The third kappa shape index (κ3) is 5.58. The van der Waals surface area contributed by atoms with Crippen molar-refractivity contribution in [2.24, 2.45) is 11.8 Å². The minimum Gasteiger partial charge on any atom is -0.455 e. The van der Waals surface area contributed by atoms with Gasteiger partial charge in [0.2, 0.25) is 5.91 Å². The Morgan fingerprint density at radius 3 is 2.57 bits per heavy atom. The first kappa shape index (κ1) is 23.7. The molecule has 2 aromatic rings. The van der Waals surface area contributed by atoms with Crippen molar-refractivity contribution in [1.29, 1.82) is 0 Å². The van der Waals surface area contributed by atoms with Crippen molar-refractivity contribution < 1.29 is 14.3 Å². The first-order valence-electron chi connectivity index (χ1n) is 8.55. The van der Waals surface area contributed by atoms with Crippen LogP contribution in [0.3, 0.4) is 0 Å². The van der Waals surface area contributed by atoms with E-state index >= 15 is 0 Å². The third-order valence-corrected chi connectivity index (χ3v) is 4.50. The van der Waals surface area contributed by atoms with Crippen molar-refractivity contribution >= 4 is 42.3 Å². The second-order valence-electron chi connectivity index (χ2n) is 6.25. The van der Waals surface area contributed by atoms with E-state index < -0.39 is 0 Å². The fourth-order valence-corrected chi connectivity index (χ4v) is 2.64. The van der Waals surface area contributed by atoms with Gasteiger partial charge in [-0.3, -0.25) is 14.6 Å². The van der Waals surface area contributed by atoms with Crippen LogP contribution >= 0.6 is 24.8 Å². The number of aromatic nitrogens is 1. The molecular weight excluding hydrogens is 403 g/mol. The Morgan fingerprint density at radius 1 is 1.21 bits per heavy atom. The molecule has 0 bridgehead atoms. The van der Waals surface area contributed by atoms with Gasteiger partial charge < -0.3 is 20.7 Å². The van der Waals surface area contributed by atoms with Crippen LogP contribution in [0.15, 0.2) is 42.6 Å². The summed E-state index contributed by atoms with van der Waals surface area (Å²) in [6, 6.07) is 10.4. The van der Waals surface area contributed by atoms with Gasteiger partial charge in [-0.05, 0) is 37.2 Å². The minimum absolute atomic E-state index is 0. The lowest BCUT2D eigenvalue weighted by Gasteiger charge is -2.31. The molecule has 0 saturated carbocycles. The van der Waals surface area contributed by atoms with Crippen molar-refractivity contribution in [3.63, 3.8) is 0 Å². The fraction of sp³-hybridized carbons (Fsp3) is 0.316. The predicted molar refractivity (Wildman–Crippen MR) is 113 cm³/mol. The topological polar surface area (TPSA) is 92.4 Å². The molecule has 0 radical (unpaired) electrons. The van der Waals surface area contributed by atoms with Crippen LogP contribution < -0.4 is 20.7 Å². The molecule has 1 atom stereocenters. The summed E-state index contributed by atoms with van der Waals surface area (Å²) in [5, 5.41) is 8.65. The highest BCUT2D eigenvalue weighted by Gasteiger charge is 2.29. The fourth-order valence-electron chi connectivity index (χ4n) is 2.64. The summed E-state index contributed by atoms with van der Waals surface area (Å²) < 4.78 is 5.88. The zero-order chi connectivity index (χ0) is 18.5. The SMILES string of the molecule is CNC(=O)c1cc(Oc2ccccc2NC(=O)C(C)C2CNC2)ccn1.Cl.Cl. The maximum Gasteiger partial charge on any atom is 0.269 e. The number of benzene rings is 1. The zero-order valence-electron chi connectivity index (χ0n) is 15.6. The molecule has 3 N–H and O–H groups in total. The normalized spacial score (nSPS) is 13.8. The number of nitrogens with zero attached hydrogens (tertiary/aromatic N) is 1. The number of rotatable bonds is 6. The molecule has 3 rings (SSSR count). The first-order valence-corrected chi connectivity index (χ1v) is 8.55. The van der Waals surface area contributed by atoms with Gasteiger partial charge in [0.1, 0.15) is 11.4 Å². The highest BCUT2D eigenvalue weighted by atomic mass is 35.5. The summed E-state index contributed by atoms with van der Waals surface area (Å²) in [6.07, 6.45) is 1.51. The van der Waals surface area contributed by atoms with Gasteiger partial charge in [-0.25, -0.2) is 0 Å². The number of pyridine rings is 1. The van der Waals surface area contributed by atoms with Gasteiger partial charge in [-0.15, -0.1) is 24.8 Å². The number of nitrogens with one attached hydrogen (secondary N) is 3. The first-order chi connectivity index (χ1) is 12.6. The van der Waals surface area contributed by atoms with E-state index in [1.165, 1.54) is 6.20 Å². The number of carbonyl (C=O) groups is 2. The molecule has 1 aliphatic rings. The van der Waals surface area contributed by atoms with Gasteiger partial charge in [-0.1, -0.05) is 19.1 Å². The number of amides is 2. The van der Waals surface area contributed by atoms with Gasteiger partial charge in [0, 0.05) is 25.2 Å². The highest BCUT2D eigenvalue weighted by molar-refractivity contribution is 5.94. The number of carbonyl (C=O) groups excluding carboxylic acids is 2. The number of halogens is 2. The Bertz CT molecular complexity index is 815. The average molecular weight is 427 g/mol. The van der Waals surface area contributed by atoms with E-state index in [1.807, 2.05) is 19.1 Å². The second-order valence-corrected chi connectivity index (χ2v) is 6.25. The molecule has 152 valence electrons. The van der Waals surface area contributed by atoms with Crippen LogP contribution in [0.4, 0.5) is 5.69 Å². The van der Waals surface area contributed by atoms with Crippen molar-refractivity contribution in [3.05, 3.63) is 48.3 Å². The number of para-hydroxylation sites is 2. The van der Waals surface area contributed by atoms with Crippen LogP contribution in [-0.4, -0.2) is 36.9 Å². The van der Waals surface area contributed by atoms with Crippen LogP contribution in [0.2, 0.25) is 0 Å². The smallest absolute Gasteiger partial charge is 0.269 e. The van der Waals surface area contributed by atoms with E-state index in [0.29, 0.717) is 23.1 Å². The number of hydrogen-bond donors (Lipinski definition) is 3. The van der Waals surface area contributed by atoms with Gasteiger partial charge in [-0.2, -0.15) is 0 Å². The number of anilines is 1. The Balaban J connectivity index is 0.00000196. The molecule has 1 aromatic carbocycles. The zero-order valence-corrected chi connectivity index (χ0v) is 17.2. The quantitative estimate of drug-likeness (QED) is 0.660. The Hall–Kier alpha value is -2.35. The lowest BCUT2D eigenvalue weighted by Crippen LogP contribution is -2.48. The Morgan fingerprint density at radius 2 is 1.93 bits per heavy atom. The maximum absolute atomic E-state index is 12.5. The van der Waals surface area contributed by atoms with Crippen LogP contribution in [-0.2, 0) is 4.79 Å². The molecule has 1 fully saturated rings. The number of ether oxygens (including phenoxy) is 1. The van der Waals surface area contributed by atoms with E-state index in [2.05, 4.69) is 20.9 Å². The standard InChI is InChI=1S/C19H22N4O3.2ClH/c1-12(13-10-21-11-13)18(24)23-15-5-3-4-6-17(15)26-14-7-8-22-16(9-14)19(25)20-2;;/h3-9,12-13,21H,10-11H2,1-2H3,(H,20,25)(H,23,24);2*1H. The van der Waals surface area contributed by atoms with Gasteiger partial charge in [0.25, 0.3) is 5.91 Å². The molecule has 1 aromatic heterocycles. The van der Waals surface area contributed by atoms with Gasteiger partial charge in [0.15, 0.2) is 5.75 Å². The average Bonchev–Trinajstić information content (AvgIpc) is 2.61. The maximum atomic E-state index is 12.5. The van der Waals surface area contributed by atoms with E-state index in [1.54, 1.807) is 31.3 Å². The molecule has 1 unspecified atom stereocenters. The summed E-state index contributed by atoms with van der Waals surface area (Å²) in [4.78, 5) is 28.2. The van der Waals surface area contributed by atoms with E-state index in [4.69, 9.17) is 4.74 Å². The van der Waals surface area contributed by atoms with Crippen LogP contribution in [0.1, 0.15) is 17.4 Å². The van der Waals surface area contributed by atoms with E-state index in [-0.39, 0.29) is 48.2 Å². The highest BCUT2D eigenvalue weighted by Crippen LogP contribution is 2.30. The van der Waals surface area contributed by atoms with Gasteiger partial charge in [0.05, 0.1) is 5.69 Å². The lowest BCUT2D eigenvalue weighted by molar-refractivity contribution is -0.121. The van der Waals surface area contributed by atoms with Crippen LogP contribution in [0.25, 0.3) is 0 Å². The van der Waals surface area contributed by atoms with Crippen LogP contribution in [0, 0.1) is 11.8 Å². The molecule has 1 saturated heterocycles. The van der Waals surface area contributed by atoms with Crippen LogP contribution in [0.5, 0.6) is 11.5 Å².